The molecule has 0 saturated carbocycles. The molecule has 0 aromatic rings. The van der Waals surface area contributed by atoms with Crippen LogP contribution in [-0.4, -0.2) is 54.6 Å². The molecule has 1 aliphatic heterocycles. The molecule has 1 fully saturated rings. The van der Waals surface area contributed by atoms with Crippen LogP contribution in [0, 0.1) is 0 Å². The minimum atomic E-state index is -1.09. The zero-order valence-corrected chi connectivity index (χ0v) is 8.93. The fourth-order valence-corrected chi connectivity index (χ4v) is 1.80. The SMILES string of the molecule is CO[C@@H]1OC(C)(C)[C@H](OC)[C@@H](O)C1O. The molecule has 0 radical (unpaired) electrons. The summed E-state index contributed by atoms with van der Waals surface area (Å²) in [6.07, 6.45) is -3.47. The summed E-state index contributed by atoms with van der Waals surface area (Å²) in [6, 6.07) is 0. The van der Waals surface area contributed by atoms with Crippen molar-refractivity contribution >= 4 is 0 Å². The lowest BCUT2D eigenvalue weighted by Crippen LogP contribution is -2.62. The molecule has 0 aromatic carbocycles. The molecule has 84 valence electrons. The average molecular weight is 206 g/mol. The van der Waals surface area contributed by atoms with E-state index in [1.807, 2.05) is 0 Å². The lowest BCUT2D eigenvalue weighted by atomic mass is 9.90. The van der Waals surface area contributed by atoms with E-state index in [2.05, 4.69) is 0 Å². The molecule has 1 heterocycles. The van der Waals surface area contributed by atoms with Gasteiger partial charge in [0, 0.05) is 14.2 Å². The normalized spacial score (nSPS) is 42.4. The number of aliphatic hydroxyl groups is 2. The minimum absolute atomic E-state index is 0.566. The molecule has 0 bridgehead atoms. The number of hydrogen-bond acceptors (Lipinski definition) is 5. The summed E-state index contributed by atoms with van der Waals surface area (Å²) < 4.78 is 15.5. The van der Waals surface area contributed by atoms with Gasteiger partial charge in [0.05, 0.1) is 5.60 Å². The van der Waals surface area contributed by atoms with Crippen molar-refractivity contribution in [2.45, 2.75) is 44.1 Å². The molecule has 1 rings (SSSR count). The van der Waals surface area contributed by atoms with Gasteiger partial charge in [-0.1, -0.05) is 0 Å². The van der Waals surface area contributed by atoms with E-state index in [1.54, 1.807) is 13.8 Å². The largest absolute Gasteiger partial charge is 0.387 e. The van der Waals surface area contributed by atoms with Gasteiger partial charge in [-0.25, -0.2) is 0 Å². The van der Waals surface area contributed by atoms with Crippen molar-refractivity contribution in [3.8, 4) is 0 Å². The highest BCUT2D eigenvalue weighted by Crippen LogP contribution is 2.31. The van der Waals surface area contributed by atoms with Crippen LogP contribution < -0.4 is 0 Å². The van der Waals surface area contributed by atoms with Crippen LogP contribution in [0.5, 0.6) is 0 Å². The molecule has 5 nitrogen and oxygen atoms in total. The zero-order valence-electron chi connectivity index (χ0n) is 8.93. The zero-order chi connectivity index (χ0) is 10.9. The van der Waals surface area contributed by atoms with E-state index in [1.165, 1.54) is 14.2 Å². The third kappa shape index (κ3) is 1.92. The Hall–Kier alpha value is -0.200. The minimum Gasteiger partial charge on any atom is -0.387 e. The Balaban J connectivity index is 2.83. The Morgan fingerprint density at radius 2 is 1.64 bits per heavy atom. The maximum absolute atomic E-state index is 9.74. The van der Waals surface area contributed by atoms with Crippen molar-refractivity contribution in [3.63, 3.8) is 0 Å². The Kier molecular flexibility index (Phi) is 3.49. The quantitative estimate of drug-likeness (QED) is 0.638. The molecule has 2 N–H and O–H groups in total. The number of aliphatic hydroxyl groups excluding tert-OH is 2. The Bertz CT molecular complexity index is 194. The van der Waals surface area contributed by atoms with Gasteiger partial charge in [-0.05, 0) is 13.8 Å². The van der Waals surface area contributed by atoms with Crippen LogP contribution in [0.2, 0.25) is 0 Å². The molecule has 1 saturated heterocycles. The smallest absolute Gasteiger partial charge is 0.186 e. The van der Waals surface area contributed by atoms with E-state index >= 15 is 0 Å². The van der Waals surface area contributed by atoms with Gasteiger partial charge in [0.1, 0.15) is 18.3 Å². The van der Waals surface area contributed by atoms with Crippen molar-refractivity contribution in [1.82, 2.24) is 0 Å². The number of ether oxygens (including phenoxy) is 3. The third-order valence-electron chi connectivity index (χ3n) is 2.53. The van der Waals surface area contributed by atoms with E-state index in [0.717, 1.165) is 0 Å². The van der Waals surface area contributed by atoms with Gasteiger partial charge in [-0.3, -0.25) is 0 Å². The van der Waals surface area contributed by atoms with Gasteiger partial charge >= 0.3 is 0 Å². The summed E-state index contributed by atoms with van der Waals surface area (Å²) in [5.41, 5.74) is -0.686. The molecule has 1 unspecified atom stereocenters. The first-order valence-corrected chi connectivity index (χ1v) is 4.53. The standard InChI is InChI=1S/C9H18O5/c1-9(2)7(12-3)5(10)6(11)8(13-4)14-9/h5-8,10-11H,1-4H3/t5-,6?,7+,8+/m0/s1. The van der Waals surface area contributed by atoms with Gasteiger partial charge in [0.25, 0.3) is 0 Å². The van der Waals surface area contributed by atoms with Crippen molar-refractivity contribution in [2.24, 2.45) is 0 Å². The Morgan fingerprint density at radius 3 is 2.07 bits per heavy atom. The lowest BCUT2D eigenvalue weighted by molar-refractivity contribution is -0.320. The average Bonchev–Trinajstić information content (AvgIpc) is 2.12. The summed E-state index contributed by atoms with van der Waals surface area (Å²) in [6.45, 7) is 3.56. The second-order valence-electron chi connectivity index (χ2n) is 3.96. The van der Waals surface area contributed by atoms with Crippen LogP contribution in [0.25, 0.3) is 0 Å². The fourth-order valence-electron chi connectivity index (χ4n) is 1.80. The summed E-state index contributed by atoms with van der Waals surface area (Å²) in [7, 11) is 2.89. The lowest BCUT2D eigenvalue weighted by Gasteiger charge is -2.46. The van der Waals surface area contributed by atoms with Crippen LogP contribution in [-0.2, 0) is 14.2 Å². The fraction of sp³-hybridized carbons (Fsp3) is 1.00. The summed E-state index contributed by atoms with van der Waals surface area (Å²) in [5, 5.41) is 19.3. The molecule has 1 aliphatic rings. The molecule has 14 heavy (non-hydrogen) atoms. The van der Waals surface area contributed by atoms with E-state index in [-0.39, 0.29) is 0 Å². The molecule has 0 aliphatic carbocycles. The van der Waals surface area contributed by atoms with Crippen LogP contribution in [0.3, 0.4) is 0 Å². The van der Waals surface area contributed by atoms with Gasteiger partial charge in [-0.15, -0.1) is 0 Å². The van der Waals surface area contributed by atoms with Crippen LogP contribution in [0.1, 0.15) is 13.8 Å². The van der Waals surface area contributed by atoms with Crippen LogP contribution >= 0.6 is 0 Å². The summed E-state index contributed by atoms with van der Waals surface area (Å²) >= 11 is 0. The van der Waals surface area contributed by atoms with Gasteiger partial charge in [0.2, 0.25) is 0 Å². The molecule has 0 spiro atoms. The second kappa shape index (κ2) is 4.12. The first-order chi connectivity index (χ1) is 6.44. The van der Waals surface area contributed by atoms with E-state index in [9.17, 15) is 10.2 Å². The predicted octanol–water partition coefficient (Wildman–Crippen LogP) is -0.496. The van der Waals surface area contributed by atoms with Crippen molar-refractivity contribution < 1.29 is 24.4 Å². The molecular weight excluding hydrogens is 188 g/mol. The molecule has 0 amide bonds. The predicted molar refractivity (Wildman–Crippen MR) is 48.8 cm³/mol. The molecule has 5 heteroatoms. The van der Waals surface area contributed by atoms with Crippen LogP contribution in [0.4, 0.5) is 0 Å². The van der Waals surface area contributed by atoms with Crippen molar-refractivity contribution in [1.29, 1.82) is 0 Å². The maximum Gasteiger partial charge on any atom is 0.186 e. The topological polar surface area (TPSA) is 68.2 Å². The van der Waals surface area contributed by atoms with Crippen LogP contribution in [0.15, 0.2) is 0 Å². The number of hydrogen-bond donors (Lipinski definition) is 2. The Labute approximate surface area is 83.6 Å². The molecule has 0 aromatic heterocycles. The van der Waals surface area contributed by atoms with E-state index < -0.39 is 30.2 Å². The summed E-state index contributed by atoms with van der Waals surface area (Å²) in [5.74, 6) is 0. The van der Waals surface area contributed by atoms with Crippen molar-refractivity contribution in [2.75, 3.05) is 14.2 Å². The summed E-state index contributed by atoms with van der Waals surface area (Å²) in [4.78, 5) is 0. The first kappa shape index (κ1) is 11.9. The van der Waals surface area contributed by atoms with Crippen molar-refractivity contribution in [3.05, 3.63) is 0 Å². The van der Waals surface area contributed by atoms with Gasteiger partial charge in [-0.2, -0.15) is 0 Å². The molecule has 4 atom stereocenters. The number of methoxy groups -OCH3 is 2. The van der Waals surface area contributed by atoms with Gasteiger partial charge < -0.3 is 24.4 Å². The first-order valence-electron chi connectivity index (χ1n) is 4.53. The monoisotopic (exact) mass is 206 g/mol. The number of rotatable bonds is 2. The van der Waals surface area contributed by atoms with E-state index in [4.69, 9.17) is 14.2 Å². The van der Waals surface area contributed by atoms with E-state index in [0.29, 0.717) is 0 Å². The highest BCUT2D eigenvalue weighted by atomic mass is 16.7. The highest BCUT2D eigenvalue weighted by Gasteiger charge is 2.49. The second-order valence-corrected chi connectivity index (χ2v) is 3.96. The third-order valence-corrected chi connectivity index (χ3v) is 2.53. The van der Waals surface area contributed by atoms with Gasteiger partial charge in [0.15, 0.2) is 6.29 Å². The maximum atomic E-state index is 9.74. The Morgan fingerprint density at radius 1 is 1.07 bits per heavy atom. The highest BCUT2D eigenvalue weighted by molar-refractivity contribution is 4.95. The molecular formula is C9H18O5.